The van der Waals surface area contributed by atoms with E-state index in [-0.39, 0.29) is 11.3 Å². The Bertz CT molecular complexity index is 414. The number of ether oxygens (including phenoxy) is 1. The molecule has 0 spiro atoms. The van der Waals surface area contributed by atoms with Crippen molar-refractivity contribution in [3.63, 3.8) is 0 Å². The van der Waals surface area contributed by atoms with Crippen molar-refractivity contribution in [2.24, 2.45) is 0 Å². The third kappa shape index (κ3) is 1.56. The number of alkyl halides is 1. The second kappa shape index (κ2) is 4.11. The summed E-state index contributed by atoms with van der Waals surface area (Å²) in [6.07, 6.45) is -0.814. The van der Waals surface area contributed by atoms with Gasteiger partial charge in [0.25, 0.3) is 0 Å². The Morgan fingerprint density at radius 3 is 2.61 bits per heavy atom. The number of β-lactam (4-membered cyclic amide) rings is 1. The first-order chi connectivity index (χ1) is 8.17. The highest BCUT2D eigenvalue weighted by Crippen LogP contribution is 2.59. The van der Waals surface area contributed by atoms with Crippen molar-refractivity contribution in [1.29, 1.82) is 0 Å². The summed E-state index contributed by atoms with van der Waals surface area (Å²) in [7, 11) is 1.32. The van der Waals surface area contributed by atoms with E-state index in [1.54, 1.807) is 6.92 Å². The second-order valence-electron chi connectivity index (χ2n) is 5.16. The van der Waals surface area contributed by atoms with Crippen LogP contribution in [0.4, 0.5) is 0 Å². The molecule has 2 aliphatic rings. The molecule has 0 aromatic carbocycles. The number of methoxy groups -OCH3 is 1. The van der Waals surface area contributed by atoms with Crippen molar-refractivity contribution in [1.82, 2.24) is 4.90 Å². The van der Waals surface area contributed by atoms with Gasteiger partial charge in [-0.05, 0) is 20.8 Å². The van der Waals surface area contributed by atoms with Crippen LogP contribution in [0, 0.1) is 0 Å². The lowest BCUT2D eigenvalue weighted by Crippen LogP contribution is -2.74. The van der Waals surface area contributed by atoms with Gasteiger partial charge in [-0.25, -0.2) is 4.79 Å². The zero-order chi connectivity index (χ0) is 13.9. The maximum absolute atomic E-state index is 12.2. The topological polar surface area (TPSA) is 66.8 Å². The maximum atomic E-state index is 12.2. The molecular weight excluding hydrogens is 322 g/mol. The van der Waals surface area contributed by atoms with E-state index in [4.69, 9.17) is 4.74 Å². The van der Waals surface area contributed by atoms with E-state index in [1.807, 2.05) is 13.8 Å². The number of amides is 1. The highest BCUT2D eigenvalue weighted by Gasteiger charge is 2.72. The molecule has 2 fully saturated rings. The predicted molar refractivity (Wildman–Crippen MR) is 71.4 cm³/mol. The van der Waals surface area contributed by atoms with E-state index < -0.39 is 27.2 Å². The molecule has 0 saturated carbocycles. The summed E-state index contributed by atoms with van der Waals surface area (Å²) < 4.78 is 3.35. The summed E-state index contributed by atoms with van der Waals surface area (Å²) in [5.41, 5.74) is 0. The summed E-state index contributed by atoms with van der Waals surface area (Å²) in [5, 5.41) is 9.53. The van der Waals surface area contributed by atoms with Gasteiger partial charge in [0.05, 0.1) is 13.2 Å². The molecule has 0 aliphatic carbocycles. The molecular formula is C11H16BrNO4S. The zero-order valence-corrected chi connectivity index (χ0v) is 13.0. The first-order valence-electron chi connectivity index (χ1n) is 5.63. The minimum atomic E-state index is -0.988. The molecule has 1 unspecified atom stereocenters. The Morgan fingerprint density at radius 1 is 1.61 bits per heavy atom. The third-order valence-electron chi connectivity index (χ3n) is 3.56. The highest BCUT2D eigenvalue weighted by molar-refractivity contribution is 9.10. The second-order valence-corrected chi connectivity index (χ2v) is 8.20. The fourth-order valence-electron chi connectivity index (χ4n) is 2.52. The van der Waals surface area contributed by atoms with Crippen LogP contribution >= 0.6 is 27.7 Å². The molecule has 2 rings (SSSR count). The monoisotopic (exact) mass is 337 g/mol. The van der Waals surface area contributed by atoms with Crippen LogP contribution < -0.4 is 0 Å². The van der Waals surface area contributed by atoms with Crippen molar-refractivity contribution in [2.45, 2.75) is 47.4 Å². The molecule has 1 amide bonds. The Kier molecular flexibility index (Phi) is 3.23. The lowest BCUT2D eigenvalue weighted by molar-refractivity contribution is -0.165. The van der Waals surface area contributed by atoms with Crippen LogP contribution in [-0.4, -0.2) is 55.6 Å². The molecule has 0 bridgehead atoms. The van der Waals surface area contributed by atoms with Gasteiger partial charge >= 0.3 is 5.97 Å². The van der Waals surface area contributed by atoms with Crippen LogP contribution in [-0.2, 0) is 14.3 Å². The molecule has 0 aromatic rings. The fraction of sp³-hybridized carbons (Fsp3) is 0.818. The summed E-state index contributed by atoms with van der Waals surface area (Å²) in [4.78, 5) is 25.6. The van der Waals surface area contributed by atoms with Gasteiger partial charge in [-0.1, -0.05) is 15.9 Å². The molecule has 18 heavy (non-hydrogen) atoms. The lowest BCUT2D eigenvalue weighted by Gasteiger charge is -2.51. The first-order valence-corrected chi connectivity index (χ1v) is 7.30. The number of aliphatic hydroxyl groups excluding tert-OH is 1. The van der Waals surface area contributed by atoms with Crippen molar-refractivity contribution >= 4 is 39.6 Å². The van der Waals surface area contributed by atoms with Crippen molar-refractivity contribution < 1.29 is 19.4 Å². The number of carbonyl (C=O) groups excluding carboxylic acids is 2. The van der Waals surface area contributed by atoms with Gasteiger partial charge in [0.2, 0.25) is 5.91 Å². The average molecular weight is 338 g/mol. The van der Waals surface area contributed by atoms with Crippen LogP contribution in [0.3, 0.4) is 0 Å². The first kappa shape index (κ1) is 14.1. The maximum Gasteiger partial charge on any atom is 0.330 e. The van der Waals surface area contributed by atoms with E-state index >= 15 is 0 Å². The van der Waals surface area contributed by atoms with Gasteiger partial charge in [0, 0.05) is 4.75 Å². The molecule has 1 N–H and O–H groups in total. The van der Waals surface area contributed by atoms with Gasteiger partial charge in [0.15, 0.2) is 4.32 Å². The number of esters is 1. The number of halogens is 1. The predicted octanol–water partition coefficient (Wildman–Crippen LogP) is 0.736. The number of hydrogen-bond donors (Lipinski definition) is 1. The average Bonchev–Trinajstić information content (AvgIpc) is 2.56. The molecule has 2 aliphatic heterocycles. The largest absolute Gasteiger partial charge is 0.467 e. The Labute approximate surface area is 118 Å². The molecule has 2 heterocycles. The van der Waals surface area contributed by atoms with Crippen molar-refractivity contribution in [2.75, 3.05) is 7.11 Å². The van der Waals surface area contributed by atoms with E-state index in [1.165, 1.54) is 23.8 Å². The number of carbonyl (C=O) groups is 2. The van der Waals surface area contributed by atoms with Gasteiger partial charge in [-0.3, -0.25) is 4.79 Å². The summed E-state index contributed by atoms with van der Waals surface area (Å²) in [5.74, 6) is -0.667. The Hall–Kier alpha value is -0.270. The van der Waals surface area contributed by atoms with Crippen LogP contribution in [0.5, 0.6) is 0 Å². The van der Waals surface area contributed by atoms with Gasteiger partial charge < -0.3 is 14.7 Å². The molecule has 0 radical (unpaired) electrons. The van der Waals surface area contributed by atoms with E-state index in [9.17, 15) is 14.7 Å². The number of nitrogens with zero attached hydrogens (tertiary/aromatic N) is 1. The molecule has 7 heteroatoms. The Morgan fingerprint density at radius 2 is 2.17 bits per heavy atom. The fourth-order valence-corrected chi connectivity index (χ4v) is 4.94. The van der Waals surface area contributed by atoms with Gasteiger partial charge in [0.1, 0.15) is 11.4 Å². The summed E-state index contributed by atoms with van der Waals surface area (Å²) in [6, 6.07) is -0.602. The number of hydrogen-bond acceptors (Lipinski definition) is 5. The summed E-state index contributed by atoms with van der Waals surface area (Å²) in [6.45, 7) is 5.38. The molecule has 2 saturated heterocycles. The van der Waals surface area contributed by atoms with Crippen LogP contribution in [0.25, 0.3) is 0 Å². The van der Waals surface area contributed by atoms with E-state index in [2.05, 4.69) is 15.9 Å². The SMILES string of the molecule is COC(=O)[C@@H]1N2C(=O)[C@@](Br)([C@@H](C)O)C2SC1(C)C. The number of fused-ring (bicyclic) bond motifs is 1. The number of rotatable bonds is 2. The van der Waals surface area contributed by atoms with Gasteiger partial charge in [-0.15, -0.1) is 11.8 Å². The van der Waals surface area contributed by atoms with Crippen molar-refractivity contribution in [3.8, 4) is 0 Å². The highest BCUT2D eigenvalue weighted by atomic mass is 79.9. The third-order valence-corrected chi connectivity index (χ3v) is 6.95. The molecule has 5 nitrogen and oxygen atoms in total. The summed E-state index contributed by atoms with van der Waals surface area (Å²) >= 11 is 4.85. The van der Waals surface area contributed by atoms with Crippen LogP contribution in [0.1, 0.15) is 20.8 Å². The quantitative estimate of drug-likeness (QED) is 0.457. The van der Waals surface area contributed by atoms with Crippen LogP contribution in [0.15, 0.2) is 0 Å². The zero-order valence-electron chi connectivity index (χ0n) is 10.6. The minimum absolute atomic E-state index is 0.246. The molecule has 102 valence electrons. The standard InChI is InChI=1S/C11H16BrNO4S/c1-5(14)11(12)8(16)13-6(7(15)17-4)10(2,3)18-9(11)13/h5-6,9,14H,1-4H3/t5-,6+,9?,11+/m1/s1. The number of aliphatic hydroxyl groups is 1. The normalized spacial score (nSPS) is 39.0. The Balaban J connectivity index is 2.36. The minimum Gasteiger partial charge on any atom is -0.467 e. The van der Waals surface area contributed by atoms with Crippen LogP contribution in [0.2, 0.25) is 0 Å². The van der Waals surface area contributed by atoms with Gasteiger partial charge in [-0.2, -0.15) is 0 Å². The molecule has 0 aromatic heterocycles. The number of thioether (sulfide) groups is 1. The smallest absolute Gasteiger partial charge is 0.330 e. The van der Waals surface area contributed by atoms with Crippen molar-refractivity contribution in [3.05, 3.63) is 0 Å². The lowest BCUT2D eigenvalue weighted by atomic mass is 9.88. The molecule has 4 atom stereocenters. The van der Waals surface area contributed by atoms with E-state index in [0.717, 1.165) is 0 Å². The van der Waals surface area contributed by atoms with E-state index in [0.29, 0.717) is 0 Å².